The van der Waals surface area contributed by atoms with Crippen LogP contribution >= 0.6 is 11.6 Å². The number of ether oxygens (including phenoxy) is 1. The molecule has 0 aliphatic carbocycles. The molecule has 2 N–H and O–H groups in total. The van der Waals surface area contributed by atoms with Crippen molar-refractivity contribution in [1.82, 2.24) is 45.3 Å². The van der Waals surface area contributed by atoms with Gasteiger partial charge in [0.15, 0.2) is 5.82 Å². The predicted molar refractivity (Wildman–Crippen MR) is 173 cm³/mol. The molecule has 6 rings (SSSR count). The van der Waals surface area contributed by atoms with Gasteiger partial charge in [-0.25, -0.2) is 9.78 Å². The zero-order valence-electron chi connectivity index (χ0n) is 27.9. The van der Waals surface area contributed by atoms with Gasteiger partial charge in [-0.15, -0.1) is 9.90 Å². The quantitative estimate of drug-likeness (QED) is 0.160. The Kier molecular flexibility index (Phi) is 9.43. The second kappa shape index (κ2) is 13.4. The van der Waals surface area contributed by atoms with Crippen LogP contribution < -0.4 is 10.6 Å². The van der Waals surface area contributed by atoms with Gasteiger partial charge >= 0.3 is 18.8 Å². The lowest BCUT2D eigenvalue weighted by Gasteiger charge is -2.35. The second-order valence-corrected chi connectivity index (χ2v) is 13.8. The molecule has 1 fully saturated rings. The highest BCUT2D eigenvalue weighted by atomic mass is 35.5. The van der Waals surface area contributed by atoms with Crippen molar-refractivity contribution in [2.24, 2.45) is 10.4 Å². The van der Waals surface area contributed by atoms with Crippen LogP contribution in [0.3, 0.4) is 0 Å². The lowest BCUT2D eigenvalue weighted by atomic mass is 9.75. The van der Waals surface area contributed by atoms with E-state index in [0.717, 1.165) is 29.0 Å². The monoisotopic (exact) mass is 752 g/mol. The molecule has 2 amide bonds. The molecule has 4 aromatic rings. The third kappa shape index (κ3) is 7.00. The molecule has 1 saturated heterocycles. The minimum atomic E-state index is -4.76. The lowest BCUT2D eigenvalue weighted by molar-refractivity contribution is -0.150. The summed E-state index contributed by atoms with van der Waals surface area (Å²) in [5.74, 6) is -0.986. The Morgan fingerprint density at radius 3 is 2.46 bits per heavy atom. The van der Waals surface area contributed by atoms with E-state index < -0.39 is 60.8 Å². The minimum absolute atomic E-state index is 0.0156. The van der Waals surface area contributed by atoms with Crippen molar-refractivity contribution in [3.63, 3.8) is 0 Å². The molecule has 0 spiro atoms. The number of hydrogen-bond donors (Lipinski definition) is 2. The van der Waals surface area contributed by atoms with Gasteiger partial charge in [-0.2, -0.15) is 46.2 Å². The number of nitrogens with zero attached hydrogens (tertiary/aromatic N) is 8. The summed E-state index contributed by atoms with van der Waals surface area (Å²) in [6.45, 7) is 2.69. The minimum Gasteiger partial charge on any atom is -0.447 e. The van der Waals surface area contributed by atoms with Crippen molar-refractivity contribution in [3.8, 4) is 22.6 Å². The Balaban J connectivity index is 1.48. The van der Waals surface area contributed by atoms with E-state index in [1.165, 1.54) is 18.2 Å². The predicted octanol–water partition coefficient (Wildman–Crippen LogP) is 6.53. The van der Waals surface area contributed by atoms with Crippen LogP contribution in [-0.2, 0) is 15.1 Å². The number of hydrogen-bond acceptors (Lipinski definition) is 9. The van der Waals surface area contributed by atoms with Gasteiger partial charge in [-0.05, 0) is 42.0 Å². The Hall–Kier alpha value is -5.20. The molecule has 276 valence electrons. The Morgan fingerprint density at radius 1 is 1.12 bits per heavy atom. The number of rotatable bonds is 7. The summed E-state index contributed by atoms with van der Waals surface area (Å²) in [6.07, 6.45) is -6.11. The van der Waals surface area contributed by atoms with E-state index in [0.29, 0.717) is 11.1 Å². The van der Waals surface area contributed by atoms with Crippen LogP contribution in [-0.4, -0.2) is 71.4 Å². The Labute approximate surface area is 297 Å². The van der Waals surface area contributed by atoms with Crippen molar-refractivity contribution in [1.29, 1.82) is 0 Å². The van der Waals surface area contributed by atoms with Crippen molar-refractivity contribution in [2.45, 2.75) is 70.9 Å². The summed E-state index contributed by atoms with van der Waals surface area (Å²) < 4.78 is 88.3. The van der Waals surface area contributed by atoms with Crippen LogP contribution in [0.4, 0.5) is 31.1 Å². The number of alkyl carbamates (subject to hydrolysis) is 1. The Morgan fingerprint density at radius 2 is 1.83 bits per heavy atom. The van der Waals surface area contributed by atoms with Crippen LogP contribution in [0.5, 0.6) is 0 Å². The fraction of sp³-hybridized carbons (Fsp3) is 0.406. The molecule has 20 heteroatoms. The highest BCUT2D eigenvalue weighted by molar-refractivity contribution is 6.33. The highest BCUT2D eigenvalue weighted by Gasteiger charge is 2.55. The smallest absolute Gasteiger partial charge is 0.408 e. The van der Waals surface area contributed by atoms with Crippen LogP contribution in [0, 0.1) is 5.41 Å². The number of fused-ring (bicyclic) bond motifs is 5. The highest BCUT2D eigenvalue weighted by Crippen LogP contribution is 2.44. The van der Waals surface area contributed by atoms with Gasteiger partial charge in [-0.3, -0.25) is 9.69 Å². The molecule has 2 aromatic heterocycles. The molecule has 0 saturated carbocycles. The lowest BCUT2D eigenvalue weighted by Crippen LogP contribution is -2.47. The number of halogens is 7. The molecule has 13 nitrogen and oxygen atoms in total. The number of alkyl halides is 6. The maximum Gasteiger partial charge on any atom is 0.408 e. The van der Waals surface area contributed by atoms with Gasteiger partial charge in [0.05, 0.1) is 17.3 Å². The number of carbonyl (C=O) groups is 2. The van der Waals surface area contributed by atoms with Crippen molar-refractivity contribution < 1.29 is 40.7 Å². The number of aromatic nitrogens is 6. The summed E-state index contributed by atoms with van der Waals surface area (Å²) in [7, 11) is 0. The molecule has 2 bridgehead atoms. The number of amides is 2. The number of nitrogens with one attached hydrogen (secondary N) is 2. The second-order valence-electron chi connectivity index (χ2n) is 13.4. The Bertz CT molecular complexity index is 2010. The largest absolute Gasteiger partial charge is 0.447 e. The van der Waals surface area contributed by atoms with E-state index >= 15 is 9.18 Å². The van der Waals surface area contributed by atoms with E-state index in [2.05, 4.69) is 30.6 Å². The SMILES string of the molecule is C[C@H](NC(=O)OC[C@@H]1c2ccc(Cl)c(c2)-c2ncnn2C(F)/N=C2\N[C@](CC(C)(C)C)(c3ccc(-c4cnn(C(F)F)n4)cc3)C(=O)N21)C(F)(F)F. The molecule has 0 radical (unpaired) electrons. The first kappa shape index (κ1) is 36.6. The molecule has 1 unspecified atom stereocenters. The van der Waals surface area contributed by atoms with Crippen LogP contribution in [0.15, 0.2) is 60.0 Å². The van der Waals surface area contributed by atoms with Gasteiger partial charge < -0.3 is 15.4 Å². The first-order valence-electron chi connectivity index (χ1n) is 15.7. The number of carbonyl (C=O) groups excluding carboxylic acids is 2. The molecular formula is C32H31ClF6N10O3. The fourth-order valence-corrected chi connectivity index (χ4v) is 6.28. The van der Waals surface area contributed by atoms with Crippen molar-refractivity contribution in [2.75, 3.05) is 6.61 Å². The maximum atomic E-state index is 16.2. The third-order valence-electron chi connectivity index (χ3n) is 8.42. The molecular weight excluding hydrogens is 722 g/mol. The molecule has 2 aliphatic heterocycles. The first-order chi connectivity index (χ1) is 24.4. The van der Waals surface area contributed by atoms with Crippen molar-refractivity contribution >= 4 is 29.6 Å². The molecule has 4 heterocycles. The molecule has 2 aromatic carbocycles. The van der Waals surface area contributed by atoms with E-state index in [1.54, 1.807) is 29.6 Å². The summed E-state index contributed by atoms with van der Waals surface area (Å²) in [5, 5.41) is 16.3. The van der Waals surface area contributed by atoms with Gasteiger partial charge in [0.2, 0.25) is 5.96 Å². The van der Waals surface area contributed by atoms with Gasteiger partial charge in [0.25, 0.3) is 12.3 Å². The van der Waals surface area contributed by atoms with E-state index in [-0.39, 0.29) is 44.8 Å². The summed E-state index contributed by atoms with van der Waals surface area (Å²) in [6, 6.07) is 7.19. The summed E-state index contributed by atoms with van der Waals surface area (Å²) in [4.78, 5) is 37.4. The normalized spacial score (nSPS) is 21.9. The third-order valence-corrected chi connectivity index (χ3v) is 8.75. The number of benzene rings is 2. The van der Waals surface area contributed by atoms with Gasteiger partial charge in [0, 0.05) is 11.1 Å². The molecule has 4 atom stereocenters. The van der Waals surface area contributed by atoms with Gasteiger partial charge in [0.1, 0.15) is 30.2 Å². The average Bonchev–Trinajstić information content (AvgIpc) is 3.81. The van der Waals surface area contributed by atoms with E-state index in [9.17, 15) is 26.7 Å². The standard InChI is InChI=1S/C32H31ClF6N10O3/c1-16(32(37,38)39)43-29(51)52-13-23-18-7-10-21(33)20(11-18)24-40-15-42-48(24)27(36)44-28-45-31(14-30(2,3)4,25(50)47(23)28)19-8-5-17(6-9-19)22-12-41-49(46-22)26(34)35/h5-12,15-16,23,26-27H,13-14H2,1-4H3,(H,43,51)(H,44,45)/t16-,23+,27?,31+/m0/s1. The van der Waals surface area contributed by atoms with Crippen LogP contribution in [0.1, 0.15) is 64.3 Å². The van der Waals surface area contributed by atoms with Crippen LogP contribution in [0.25, 0.3) is 22.6 Å². The zero-order chi connectivity index (χ0) is 37.7. The fourth-order valence-electron chi connectivity index (χ4n) is 6.08. The maximum absolute atomic E-state index is 16.2. The topological polar surface area (TPSA) is 144 Å². The summed E-state index contributed by atoms with van der Waals surface area (Å²) in [5.41, 5.74) is -0.846. The molecule has 2 aliphatic rings. The van der Waals surface area contributed by atoms with Crippen LogP contribution in [0.2, 0.25) is 5.02 Å². The summed E-state index contributed by atoms with van der Waals surface area (Å²) >= 11 is 6.49. The average molecular weight is 753 g/mol. The number of guanidine groups is 1. The van der Waals surface area contributed by atoms with Crippen molar-refractivity contribution in [3.05, 3.63) is 71.1 Å². The zero-order valence-corrected chi connectivity index (χ0v) is 28.6. The number of aliphatic imine (C=N–C) groups is 1. The van der Waals surface area contributed by atoms with E-state index in [4.69, 9.17) is 16.3 Å². The van der Waals surface area contributed by atoms with E-state index in [1.807, 2.05) is 20.8 Å². The molecule has 52 heavy (non-hydrogen) atoms. The first-order valence-corrected chi connectivity index (χ1v) is 16.1. The van der Waals surface area contributed by atoms with Gasteiger partial charge in [-0.1, -0.05) is 62.7 Å².